The first-order valence-corrected chi connectivity index (χ1v) is 9.24. The van der Waals surface area contributed by atoms with Crippen molar-refractivity contribution < 1.29 is 13.6 Å². The Balaban J connectivity index is 2.16. The van der Waals surface area contributed by atoms with Gasteiger partial charge in [-0.25, -0.2) is 13.8 Å². The molecule has 1 heterocycles. The highest BCUT2D eigenvalue weighted by atomic mass is 32.1. The second kappa shape index (κ2) is 6.98. The fourth-order valence-electron chi connectivity index (χ4n) is 3.06. The fourth-order valence-corrected chi connectivity index (χ4v) is 3.94. The van der Waals surface area contributed by atoms with Gasteiger partial charge in [-0.15, -0.1) is 11.3 Å². The number of carbonyl (C=O) groups excluding carboxylic acids is 1. The SMILES string of the molecule is C=C(CN(C(=C)C1(C)CCC(F)(F)CC1)C(C)=O)c1nc(C)c(C)s1. The Morgan fingerprint density at radius 1 is 1.24 bits per heavy atom. The molecule has 25 heavy (non-hydrogen) atoms. The number of thiazole rings is 1. The van der Waals surface area contributed by atoms with E-state index in [2.05, 4.69) is 18.1 Å². The van der Waals surface area contributed by atoms with E-state index < -0.39 is 11.3 Å². The molecule has 3 nitrogen and oxygen atoms in total. The summed E-state index contributed by atoms with van der Waals surface area (Å²) in [4.78, 5) is 19.4. The Morgan fingerprint density at radius 3 is 2.24 bits per heavy atom. The van der Waals surface area contributed by atoms with Gasteiger partial charge in [0.2, 0.25) is 11.8 Å². The molecule has 1 saturated carbocycles. The van der Waals surface area contributed by atoms with E-state index in [1.54, 1.807) is 16.2 Å². The van der Waals surface area contributed by atoms with Gasteiger partial charge >= 0.3 is 0 Å². The highest BCUT2D eigenvalue weighted by molar-refractivity contribution is 7.12. The summed E-state index contributed by atoms with van der Waals surface area (Å²) in [5.41, 5.74) is 1.79. The third-order valence-corrected chi connectivity index (χ3v) is 6.34. The van der Waals surface area contributed by atoms with E-state index in [-0.39, 0.29) is 25.3 Å². The average molecular weight is 368 g/mol. The van der Waals surface area contributed by atoms with Crippen LogP contribution in [0, 0.1) is 19.3 Å². The van der Waals surface area contributed by atoms with Gasteiger partial charge in [-0.2, -0.15) is 0 Å². The van der Waals surface area contributed by atoms with Crippen molar-refractivity contribution >= 4 is 22.8 Å². The molecule has 1 aromatic heterocycles. The molecule has 1 aromatic rings. The zero-order chi connectivity index (χ0) is 19.0. The van der Waals surface area contributed by atoms with E-state index in [1.165, 1.54) is 6.92 Å². The van der Waals surface area contributed by atoms with Crippen LogP contribution in [-0.2, 0) is 4.79 Å². The minimum Gasteiger partial charge on any atom is -0.312 e. The first-order chi connectivity index (χ1) is 11.4. The van der Waals surface area contributed by atoms with Crippen LogP contribution >= 0.6 is 11.3 Å². The summed E-state index contributed by atoms with van der Waals surface area (Å²) >= 11 is 1.54. The molecule has 0 N–H and O–H groups in total. The Labute approximate surface area is 152 Å². The van der Waals surface area contributed by atoms with Crippen LogP contribution in [-0.4, -0.2) is 28.3 Å². The van der Waals surface area contributed by atoms with E-state index in [0.717, 1.165) is 21.2 Å². The van der Waals surface area contributed by atoms with Crippen molar-refractivity contribution in [1.29, 1.82) is 0 Å². The second-order valence-electron chi connectivity index (χ2n) is 7.23. The van der Waals surface area contributed by atoms with Crippen LogP contribution in [0.4, 0.5) is 8.78 Å². The molecule has 6 heteroatoms. The zero-order valence-electron chi connectivity index (χ0n) is 15.4. The molecule has 0 atom stereocenters. The van der Waals surface area contributed by atoms with Crippen LogP contribution in [0.15, 0.2) is 18.9 Å². The van der Waals surface area contributed by atoms with Crippen LogP contribution in [0.5, 0.6) is 0 Å². The topological polar surface area (TPSA) is 33.2 Å². The van der Waals surface area contributed by atoms with Gasteiger partial charge in [-0.1, -0.05) is 20.1 Å². The van der Waals surface area contributed by atoms with E-state index in [4.69, 9.17) is 0 Å². The summed E-state index contributed by atoms with van der Waals surface area (Å²) in [5, 5.41) is 0.800. The lowest BCUT2D eigenvalue weighted by Crippen LogP contribution is -2.40. The molecule has 1 fully saturated rings. The normalized spacial score (nSPS) is 18.6. The Bertz CT molecular complexity index is 679. The molecular weight excluding hydrogens is 342 g/mol. The van der Waals surface area contributed by atoms with Crippen LogP contribution in [0.3, 0.4) is 0 Å². The van der Waals surface area contributed by atoms with Crippen molar-refractivity contribution in [2.24, 2.45) is 5.41 Å². The standard InChI is InChI=1S/C19H26F2N2OS/c1-12(17-22-13(2)14(3)25-17)11-23(16(5)24)15(4)18(6)7-9-19(20,21)10-8-18/h1,4,7-11H2,2-3,5-6H3. The van der Waals surface area contributed by atoms with Crippen molar-refractivity contribution in [3.63, 3.8) is 0 Å². The number of carbonyl (C=O) groups is 1. The number of nitrogens with zero attached hydrogens (tertiary/aromatic N) is 2. The number of alkyl halides is 2. The molecule has 0 radical (unpaired) electrons. The summed E-state index contributed by atoms with van der Waals surface area (Å²) in [6, 6.07) is 0. The quantitative estimate of drug-likeness (QED) is 0.702. The summed E-state index contributed by atoms with van der Waals surface area (Å²) in [6.07, 6.45) is 0.315. The number of rotatable bonds is 5. The Hall–Kier alpha value is -1.56. The van der Waals surface area contributed by atoms with Gasteiger partial charge in [0.1, 0.15) is 5.01 Å². The number of hydrogen-bond donors (Lipinski definition) is 0. The Kier molecular flexibility index (Phi) is 5.52. The fraction of sp³-hybridized carbons (Fsp3) is 0.579. The van der Waals surface area contributed by atoms with Gasteiger partial charge in [0.05, 0.1) is 12.2 Å². The minimum atomic E-state index is -2.61. The highest BCUT2D eigenvalue weighted by Gasteiger charge is 2.43. The number of allylic oxidation sites excluding steroid dienone is 1. The molecule has 2 rings (SSSR count). The third kappa shape index (κ3) is 4.35. The van der Waals surface area contributed by atoms with Gasteiger partial charge < -0.3 is 4.90 Å². The van der Waals surface area contributed by atoms with Crippen LogP contribution in [0.1, 0.15) is 55.1 Å². The molecular formula is C19H26F2N2OS. The number of aromatic nitrogens is 1. The lowest BCUT2D eigenvalue weighted by Gasteiger charge is -2.42. The second-order valence-corrected chi connectivity index (χ2v) is 8.44. The summed E-state index contributed by atoms with van der Waals surface area (Å²) in [7, 11) is 0. The van der Waals surface area contributed by atoms with Crippen LogP contribution in [0.2, 0.25) is 0 Å². The number of halogens is 2. The van der Waals surface area contributed by atoms with E-state index in [1.807, 2.05) is 20.8 Å². The van der Waals surface area contributed by atoms with Crippen LogP contribution < -0.4 is 0 Å². The van der Waals surface area contributed by atoms with Gasteiger partial charge in [-0.05, 0) is 26.7 Å². The minimum absolute atomic E-state index is 0.158. The van der Waals surface area contributed by atoms with Gasteiger partial charge in [0, 0.05) is 41.3 Å². The molecule has 0 aliphatic heterocycles. The maximum absolute atomic E-state index is 13.5. The van der Waals surface area contributed by atoms with Gasteiger partial charge in [-0.3, -0.25) is 4.79 Å². The molecule has 0 unspecified atom stereocenters. The summed E-state index contributed by atoms with van der Waals surface area (Å²) in [5.74, 6) is -2.77. The first-order valence-electron chi connectivity index (χ1n) is 8.43. The summed E-state index contributed by atoms with van der Waals surface area (Å²) < 4.78 is 27.0. The lowest BCUT2D eigenvalue weighted by atomic mass is 9.72. The molecule has 0 spiro atoms. The largest absolute Gasteiger partial charge is 0.312 e. The molecule has 1 amide bonds. The monoisotopic (exact) mass is 368 g/mol. The number of amides is 1. The maximum Gasteiger partial charge on any atom is 0.248 e. The van der Waals surface area contributed by atoms with Crippen molar-refractivity contribution in [2.45, 2.75) is 59.3 Å². The maximum atomic E-state index is 13.5. The zero-order valence-corrected chi connectivity index (χ0v) is 16.2. The molecule has 0 bridgehead atoms. The predicted molar refractivity (Wildman–Crippen MR) is 98.7 cm³/mol. The lowest BCUT2D eigenvalue weighted by molar-refractivity contribution is -0.127. The van der Waals surface area contributed by atoms with Crippen molar-refractivity contribution in [1.82, 2.24) is 9.88 Å². The van der Waals surface area contributed by atoms with Crippen molar-refractivity contribution in [3.05, 3.63) is 34.4 Å². The third-order valence-electron chi connectivity index (χ3n) is 5.17. The van der Waals surface area contributed by atoms with Crippen molar-refractivity contribution in [2.75, 3.05) is 6.54 Å². The molecule has 0 saturated heterocycles. The van der Waals surface area contributed by atoms with E-state index in [0.29, 0.717) is 18.5 Å². The predicted octanol–water partition coefficient (Wildman–Crippen LogP) is 5.35. The van der Waals surface area contributed by atoms with Crippen LogP contribution in [0.25, 0.3) is 5.57 Å². The molecule has 1 aliphatic carbocycles. The average Bonchev–Trinajstić information content (AvgIpc) is 2.86. The Morgan fingerprint density at radius 2 is 1.80 bits per heavy atom. The smallest absolute Gasteiger partial charge is 0.248 e. The van der Waals surface area contributed by atoms with Gasteiger partial charge in [0.15, 0.2) is 0 Å². The summed E-state index contributed by atoms with van der Waals surface area (Å²) in [6.45, 7) is 15.8. The molecule has 1 aliphatic rings. The van der Waals surface area contributed by atoms with Crippen molar-refractivity contribution in [3.8, 4) is 0 Å². The molecule has 138 valence electrons. The molecule has 0 aromatic carbocycles. The van der Waals surface area contributed by atoms with Gasteiger partial charge in [0.25, 0.3) is 0 Å². The first kappa shape index (κ1) is 19.8. The number of aryl methyl sites for hydroxylation is 2. The highest BCUT2D eigenvalue weighted by Crippen LogP contribution is 2.48. The van der Waals surface area contributed by atoms with E-state index in [9.17, 15) is 13.6 Å². The number of hydrogen-bond acceptors (Lipinski definition) is 3. The van der Waals surface area contributed by atoms with E-state index >= 15 is 0 Å².